The number of methoxy groups -OCH3 is 1. The van der Waals surface area contributed by atoms with Crippen molar-refractivity contribution < 1.29 is 19.2 Å². The van der Waals surface area contributed by atoms with Gasteiger partial charge in [-0.3, -0.25) is 15.5 Å². The minimum absolute atomic E-state index is 0.0976. The number of ether oxygens (including phenoxy) is 2. The normalized spacial score (nSPS) is 10.8. The summed E-state index contributed by atoms with van der Waals surface area (Å²) in [5.41, 5.74) is 2.82. The lowest BCUT2D eigenvalue weighted by atomic mass is 10.2. The molecule has 1 aromatic carbocycles. The van der Waals surface area contributed by atoms with E-state index in [0.717, 1.165) is 0 Å². The van der Waals surface area contributed by atoms with Crippen molar-refractivity contribution >= 4 is 23.1 Å². The molecule has 20 heavy (non-hydrogen) atoms. The molecule has 0 aromatic heterocycles. The number of carbonyl (C=O) groups excluding carboxylic acids is 1. The van der Waals surface area contributed by atoms with E-state index in [9.17, 15) is 14.9 Å². The van der Waals surface area contributed by atoms with Gasteiger partial charge in [-0.25, -0.2) is 4.79 Å². The number of esters is 1. The summed E-state index contributed by atoms with van der Waals surface area (Å²) in [5.74, 6) is -0.194. The Balaban J connectivity index is 2.95. The number of anilines is 1. The predicted molar refractivity (Wildman–Crippen MR) is 73.0 cm³/mol. The van der Waals surface area contributed by atoms with Crippen LogP contribution < -0.4 is 10.2 Å². The summed E-state index contributed by atoms with van der Waals surface area (Å²) in [6.07, 6.45) is 0. The molecule has 0 bridgehead atoms. The van der Waals surface area contributed by atoms with Gasteiger partial charge in [0.25, 0.3) is 5.69 Å². The van der Waals surface area contributed by atoms with Crippen LogP contribution >= 0.6 is 0 Å². The molecule has 108 valence electrons. The van der Waals surface area contributed by atoms with Crippen molar-refractivity contribution in [3.05, 3.63) is 28.3 Å². The first-order valence-corrected chi connectivity index (χ1v) is 5.79. The molecule has 0 amide bonds. The Hall–Kier alpha value is -2.64. The maximum atomic E-state index is 11.4. The number of benzene rings is 1. The first-order chi connectivity index (χ1) is 9.49. The van der Waals surface area contributed by atoms with Gasteiger partial charge in [-0.2, -0.15) is 5.10 Å². The lowest BCUT2D eigenvalue weighted by molar-refractivity contribution is -0.384. The van der Waals surface area contributed by atoms with Crippen LogP contribution in [-0.4, -0.2) is 30.3 Å². The molecular weight excluding hydrogens is 266 g/mol. The van der Waals surface area contributed by atoms with E-state index < -0.39 is 10.9 Å². The Bertz CT molecular complexity index is 542. The monoisotopic (exact) mass is 281 g/mol. The number of hydrogen-bond acceptors (Lipinski definition) is 7. The number of nitro groups is 1. The molecule has 1 rings (SSSR count). The second-order valence-electron chi connectivity index (χ2n) is 3.67. The molecule has 0 fully saturated rings. The fourth-order valence-electron chi connectivity index (χ4n) is 1.32. The van der Waals surface area contributed by atoms with E-state index in [2.05, 4.69) is 10.5 Å². The maximum Gasteiger partial charge on any atom is 0.354 e. The van der Waals surface area contributed by atoms with E-state index in [0.29, 0.717) is 5.75 Å². The Labute approximate surface area is 115 Å². The van der Waals surface area contributed by atoms with Crippen LogP contribution in [0, 0.1) is 10.1 Å². The molecular formula is C12H15N3O5. The summed E-state index contributed by atoms with van der Waals surface area (Å²) in [5, 5.41) is 14.5. The molecule has 0 saturated carbocycles. The van der Waals surface area contributed by atoms with Gasteiger partial charge in [-0.1, -0.05) is 0 Å². The summed E-state index contributed by atoms with van der Waals surface area (Å²) in [6.45, 7) is 3.39. The predicted octanol–water partition coefficient (Wildman–Crippen LogP) is 1.95. The van der Waals surface area contributed by atoms with Gasteiger partial charge in [0.1, 0.15) is 17.1 Å². The van der Waals surface area contributed by atoms with Gasteiger partial charge in [0.15, 0.2) is 0 Å². The number of carbonyl (C=O) groups is 1. The molecule has 0 aliphatic rings. The average Bonchev–Trinajstić information content (AvgIpc) is 2.44. The Morgan fingerprint density at radius 2 is 2.20 bits per heavy atom. The lowest BCUT2D eigenvalue weighted by Gasteiger charge is -2.08. The van der Waals surface area contributed by atoms with Crippen LogP contribution in [-0.2, 0) is 9.53 Å². The number of nitro benzene ring substituents is 1. The fourth-order valence-corrected chi connectivity index (χ4v) is 1.32. The quantitative estimate of drug-likeness (QED) is 0.370. The van der Waals surface area contributed by atoms with Crippen molar-refractivity contribution in [3.63, 3.8) is 0 Å². The van der Waals surface area contributed by atoms with Gasteiger partial charge in [0.05, 0.1) is 18.6 Å². The lowest BCUT2D eigenvalue weighted by Crippen LogP contribution is -2.15. The molecule has 0 spiro atoms. The zero-order valence-corrected chi connectivity index (χ0v) is 11.4. The van der Waals surface area contributed by atoms with Gasteiger partial charge in [-0.05, 0) is 19.9 Å². The van der Waals surface area contributed by atoms with Crippen LogP contribution in [0.3, 0.4) is 0 Å². The number of nitrogens with one attached hydrogen (secondary N) is 1. The van der Waals surface area contributed by atoms with Crippen molar-refractivity contribution in [3.8, 4) is 5.75 Å². The maximum absolute atomic E-state index is 11.4. The smallest absolute Gasteiger partial charge is 0.354 e. The second-order valence-corrected chi connectivity index (χ2v) is 3.67. The molecule has 0 heterocycles. The van der Waals surface area contributed by atoms with Crippen LogP contribution in [0.5, 0.6) is 5.75 Å². The SMILES string of the molecule is CCOC(=O)/C(C)=N/Nc1cc([N+](=O)[O-])ccc1OC. The minimum Gasteiger partial charge on any atom is -0.495 e. The molecule has 8 heteroatoms. The van der Waals surface area contributed by atoms with E-state index >= 15 is 0 Å². The molecule has 8 nitrogen and oxygen atoms in total. The highest BCUT2D eigenvalue weighted by Crippen LogP contribution is 2.28. The standard InChI is InChI=1S/C12H15N3O5/c1-4-20-12(16)8(2)13-14-10-7-9(15(17)18)5-6-11(10)19-3/h5-7,14H,4H2,1-3H3/b13-8+. The van der Waals surface area contributed by atoms with Gasteiger partial charge >= 0.3 is 5.97 Å². The third-order valence-corrected chi connectivity index (χ3v) is 2.31. The van der Waals surface area contributed by atoms with E-state index in [4.69, 9.17) is 9.47 Å². The van der Waals surface area contributed by atoms with Crippen molar-refractivity contribution in [2.75, 3.05) is 19.1 Å². The molecule has 1 N–H and O–H groups in total. The topological polar surface area (TPSA) is 103 Å². The zero-order chi connectivity index (χ0) is 15.1. The van der Waals surface area contributed by atoms with Gasteiger partial charge in [0, 0.05) is 12.1 Å². The summed E-state index contributed by atoms with van der Waals surface area (Å²) in [6, 6.07) is 4.02. The van der Waals surface area contributed by atoms with Crippen LogP contribution in [0.2, 0.25) is 0 Å². The molecule has 0 unspecified atom stereocenters. The summed E-state index contributed by atoms with van der Waals surface area (Å²) in [7, 11) is 1.42. The van der Waals surface area contributed by atoms with Crippen LogP contribution in [0.4, 0.5) is 11.4 Å². The highest BCUT2D eigenvalue weighted by molar-refractivity contribution is 6.35. The van der Waals surface area contributed by atoms with E-state index in [1.54, 1.807) is 6.92 Å². The summed E-state index contributed by atoms with van der Waals surface area (Å²) >= 11 is 0. The first-order valence-electron chi connectivity index (χ1n) is 5.79. The highest BCUT2D eigenvalue weighted by atomic mass is 16.6. The molecule has 0 saturated heterocycles. The second kappa shape index (κ2) is 7.07. The van der Waals surface area contributed by atoms with Crippen molar-refractivity contribution in [1.82, 2.24) is 0 Å². The zero-order valence-electron chi connectivity index (χ0n) is 11.4. The highest BCUT2D eigenvalue weighted by Gasteiger charge is 2.12. The van der Waals surface area contributed by atoms with Crippen molar-refractivity contribution in [2.24, 2.45) is 5.10 Å². The third-order valence-electron chi connectivity index (χ3n) is 2.31. The van der Waals surface area contributed by atoms with E-state index in [1.807, 2.05) is 0 Å². The Kier molecular flexibility index (Phi) is 5.45. The van der Waals surface area contributed by atoms with E-state index in [1.165, 1.54) is 32.2 Å². The molecule has 0 atom stereocenters. The molecule has 0 aliphatic heterocycles. The van der Waals surface area contributed by atoms with Gasteiger partial charge in [0.2, 0.25) is 0 Å². The third kappa shape index (κ3) is 3.94. The number of nitrogens with zero attached hydrogens (tertiary/aromatic N) is 2. The van der Waals surface area contributed by atoms with Crippen LogP contribution in [0.1, 0.15) is 13.8 Å². The van der Waals surface area contributed by atoms with Crippen molar-refractivity contribution in [1.29, 1.82) is 0 Å². The van der Waals surface area contributed by atoms with Gasteiger partial charge in [-0.15, -0.1) is 0 Å². The number of hydrogen-bond donors (Lipinski definition) is 1. The minimum atomic E-state index is -0.565. The number of rotatable bonds is 6. The fraction of sp³-hybridized carbons (Fsp3) is 0.333. The average molecular weight is 281 g/mol. The molecule has 1 aromatic rings. The number of hydrazone groups is 1. The summed E-state index contributed by atoms with van der Waals surface area (Å²) in [4.78, 5) is 21.5. The molecule has 0 aliphatic carbocycles. The first kappa shape index (κ1) is 15.4. The van der Waals surface area contributed by atoms with E-state index in [-0.39, 0.29) is 23.7 Å². The Morgan fingerprint density at radius 1 is 1.50 bits per heavy atom. The van der Waals surface area contributed by atoms with Crippen LogP contribution in [0.15, 0.2) is 23.3 Å². The summed E-state index contributed by atoms with van der Waals surface area (Å²) < 4.78 is 9.81. The van der Waals surface area contributed by atoms with Crippen LogP contribution in [0.25, 0.3) is 0 Å². The Morgan fingerprint density at radius 3 is 2.75 bits per heavy atom. The largest absolute Gasteiger partial charge is 0.495 e. The van der Waals surface area contributed by atoms with Crippen molar-refractivity contribution in [2.45, 2.75) is 13.8 Å². The van der Waals surface area contributed by atoms with Gasteiger partial charge < -0.3 is 9.47 Å². The molecule has 0 radical (unpaired) electrons. The number of non-ortho nitro benzene ring substituents is 1.